The van der Waals surface area contributed by atoms with Gasteiger partial charge in [0.1, 0.15) is 5.82 Å². The number of amides is 2. The van der Waals surface area contributed by atoms with Gasteiger partial charge in [-0.1, -0.05) is 35.9 Å². The molecule has 0 aromatic heterocycles. The summed E-state index contributed by atoms with van der Waals surface area (Å²) in [5, 5.41) is 2.98. The summed E-state index contributed by atoms with van der Waals surface area (Å²) in [6.07, 6.45) is 7.70. The number of carbonyl (C=O) groups excluding carboxylic acids is 2. The van der Waals surface area contributed by atoms with Gasteiger partial charge in [0.15, 0.2) is 0 Å². The second-order valence-electron chi connectivity index (χ2n) is 9.08. The first-order valence-electron chi connectivity index (χ1n) is 12.2. The van der Waals surface area contributed by atoms with Crippen LogP contribution in [0.3, 0.4) is 0 Å². The van der Waals surface area contributed by atoms with Gasteiger partial charge in [-0.25, -0.2) is 8.60 Å². The van der Waals surface area contributed by atoms with Crippen molar-refractivity contribution < 1.29 is 18.2 Å². The van der Waals surface area contributed by atoms with E-state index >= 15 is 0 Å². The fourth-order valence-electron chi connectivity index (χ4n) is 4.70. The van der Waals surface area contributed by atoms with E-state index in [1.807, 2.05) is 0 Å². The zero-order chi connectivity index (χ0) is 25.1. The number of hydrogen-bond acceptors (Lipinski definition) is 3. The van der Waals surface area contributed by atoms with Crippen molar-refractivity contribution in [2.75, 3.05) is 11.4 Å². The molecule has 1 unspecified atom stereocenters. The summed E-state index contributed by atoms with van der Waals surface area (Å²) in [5.74, 6) is -0.921. The van der Waals surface area contributed by atoms with E-state index in [9.17, 15) is 18.2 Å². The van der Waals surface area contributed by atoms with Crippen LogP contribution in [0.15, 0.2) is 88.2 Å². The van der Waals surface area contributed by atoms with Gasteiger partial charge in [-0.3, -0.25) is 9.59 Å². The third-order valence-corrected chi connectivity index (χ3v) is 8.14. The zero-order valence-corrected chi connectivity index (χ0v) is 20.7. The molecular formula is C29H27FN2O3S. The molecule has 1 heterocycles. The van der Waals surface area contributed by atoms with Crippen molar-refractivity contribution in [2.45, 2.75) is 48.4 Å². The minimum Gasteiger partial charge on any atom is -0.352 e. The standard InChI is InChI=1S/C29H27FN2O3S/c30-23-13-10-21(11-14-23)19-32-25-18-22(28(33)31-17-16-20-6-2-1-3-7-20)12-15-27(25)36(35)26-9-5-4-8-24(26)29(32)34/h4-6,8-15,18H,1-3,7,16-17,19H2,(H,31,33). The number of allylic oxidation sites excluding steroid dienone is 1. The van der Waals surface area contributed by atoms with Crippen molar-refractivity contribution in [1.82, 2.24) is 5.32 Å². The highest BCUT2D eigenvalue weighted by Crippen LogP contribution is 2.36. The van der Waals surface area contributed by atoms with Crippen molar-refractivity contribution in [3.8, 4) is 0 Å². The van der Waals surface area contributed by atoms with Crippen molar-refractivity contribution in [2.24, 2.45) is 0 Å². The highest BCUT2D eigenvalue weighted by molar-refractivity contribution is 7.85. The van der Waals surface area contributed by atoms with Gasteiger partial charge in [-0.15, -0.1) is 0 Å². The van der Waals surface area contributed by atoms with Crippen LogP contribution in [-0.4, -0.2) is 22.6 Å². The molecule has 3 aromatic rings. The van der Waals surface area contributed by atoms with Gasteiger partial charge in [0.25, 0.3) is 11.8 Å². The highest BCUT2D eigenvalue weighted by atomic mass is 32.2. The van der Waals surface area contributed by atoms with Crippen LogP contribution < -0.4 is 10.2 Å². The van der Waals surface area contributed by atoms with E-state index in [0.717, 1.165) is 24.8 Å². The number of nitrogens with zero attached hydrogens (tertiary/aromatic N) is 1. The van der Waals surface area contributed by atoms with Crippen LogP contribution in [0.4, 0.5) is 10.1 Å². The van der Waals surface area contributed by atoms with E-state index < -0.39 is 10.8 Å². The Labute approximate surface area is 212 Å². The van der Waals surface area contributed by atoms with Crippen molar-refractivity contribution in [3.05, 3.63) is 101 Å². The van der Waals surface area contributed by atoms with E-state index in [0.29, 0.717) is 33.2 Å². The van der Waals surface area contributed by atoms with Crippen molar-refractivity contribution in [3.63, 3.8) is 0 Å². The Morgan fingerprint density at radius 1 is 1.00 bits per heavy atom. The van der Waals surface area contributed by atoms with Crippen LogP contribution >= 0.6 is 0 Å². The first kappa shape index (κ1) is 24.1. The Balaban J connectivity index is 1.47. The highest BCUT2D eigenvalue weighted by Gasteiger charge is 2.31. The summed E-state index contributed by atoms with van der Waals surface area (Å²) in [7, 11) is -1.60. The van der Waals surface area contributed by atoms with Gasteiger partial charge >= 0.3 is 0 Å². The van der Waals surface area contributed by atoms with Gasteiger partial charge in [-0.05, 0) is 80.1 Å². The Hall–Kier alpha value is -3.58. The minimum absolute atomic E-state index is 0.150. The molecule has 3 aromatic carbocycles. The largest absolute Gasteiger partial charge is 0.352 e. The lowest BCUT2D eigenvalue weighted by atomic mass is 9.97. The third-order valence-electron chi connectivity index (χ3n) is 6.64. The first-order valence-corrected chi connectivity index (χ1v) is 13.3. The summed E-state index contributed by atoms with van der Waals surface area (Å²) in [5.41, 5.74) is 3.26. The van der Waals surface area contributed by atoms with E-state index in [1.165, 1.54) is 35.4 Å². The summed E-state index contributed by atoms with van der Waals surface area (Å²) >= 11 is 0. The second kappa shape index (κ2) is 10.6. The molecule has 2 amide bonds. The number of benzene rings is 3. The van der Waals surface area contributed by atoms with Gasteiger partial charge in [0.05, 0.1) is 38.4 Å². The molecule has 0 fully saturated rings. The molecule has 0 saturated carbocycles. The molecule has 0 bridgehead atoms. The number of halogens is 1. The molecule has 0 spiro atoms. The quantitative estimate of drug-likeness (QED) is 0.435. The maximum absolute atomic E-state index is 13.7. The normalized spacial score (nSPS) is 17.0. The van der Waals surface area contributed by atoms with Crippen LogP contribution in [0, 0.1) is 5.82 Å². The minimum atomic E-state index is -1.60. The molecule has 0 saturated heterocycles. The zero-order valence-electron chi connectivity index (χ0n) is 19.8. The number of nitrogens with one attached hydrogen (secondary N) is 1. The number of rotatable bonds is 6. The lowest BCUT2D eigenvalue weighted by Crippen LogP contribution is -2.31. The van der Waals surface area contributed by atoms with Gasteiger partial charge in [-0.2, -0.15) is 0 Å². The average molecular weight is 503 g/mol. The Bertz CT molecular complexity index is 1370. The van der Waals surface area contributed by atoms with Crippen LogP contribution in [0.5, 0.6) is 0 Å². The monoisotopic (exact) mass is 502 g/mol. The maximum atomic E-state index is 13.7. The molecule has 7 heteroatoms. The van der Waals surface area contributed by atoms with Gasteiger partial charge in [0, 0.05) is 12.1 Å². The molecule has 1 aliphatic carbocycles. The molecule has 1 atom stereocenters. The second-order valence-corrected chi connectivity index (χ2v) is 10.5. The molecule has 36 heavy (non-hydrogen) atoms. The average Bonchev–Trinajstić information content (AvgIpc) is 2.99. The lowest BCUT2D eigenvalue weighted by Gasteiger charge is -2.23. The Kier molecular flexibility index (Phi) is 7.09. The number of fused-ring (bicyclic) bond motifs is 2. The smallest absolute Gasteiger partial charge is 0.259 e. The third kappa shape index (κ3) is 5.02. The van der Waals surface area contributed by atoms with Crippen molar-refractivity contribution >= 4 is 28.3 Å². The summed E-state index contributed by atoms with van der Waals surface area (Å²) in [6.45, 7) is 0.689. The van der Waals surface area contributed by atoms with Crippen LogP contribution in [0.2, 0.25) is 0 Å². The van der Waals surface area contributed by atoms with Gasteiger partial charge in [0.2, 0.25) is 0 Å². The number of anilines is 1. The SMILES string of the molecule is O=C(NCCC1=CCCCC1)c1ccc2c(c1)N(Cc1ccc(F)cc1)C(=O)c1ccccc1S2=O. The molecule has 5 nitrogen and oxygen atoms in total. The van der Waals surface area contributed by atoms with Gasteiger partial charge < -0.3 is 10.2 Å². The van der Waals surface area contributed by atoms with Crippen molar-refractivity contribution in [1.29, 1.82) is 0 Å². The van der Waals surface area contributed by atoms with Crippen LogP contribution in [0.25, 0.3) is 0 Å². The molecule has 2 aliphatic rings. The van der Waals surface area contributed by atoms with E-state index in [4.69, 9.17) is 0 Å². The maximum Gasteiger partial charge on any atom is 0.259 e. The molecular weight excluding hydrogens is 475 g/mol. The Morgan fingerprint density at radius 3 is 2.58 bits per heavy atom. The predicted octanol–water partition coefficient (Wildman–Crippen LogP) is 5.77. The van der Waals surface area contributed by atoms with Crippen LogP contribution in [0.1, 0.15) is 58.4 Å². The van der Waals surface area contributed by atoms with E-state index in [-0.39, 0.29) is 24.2 Å². The Morgan fingerprint density at radius 2 is 1.81 bits per heavy atom. The molecule has 5 rings (SSSR count). The fourth-order valence-corrected chi connectivity index (χ4v) is 6.05. The number of carbonyl (C=O) groups is 2. The predicted molar refractivity (Wildman–Crippen MR) is 138 cm³/mol. The first-order chi connectivity index (χ1) is 17.5. The van der Waals surface area contributed by atoms with E-state index in [2.05, 4.69) is 11.4 Å². The summed E-state index contributed by atoms with van der Waals surface area (Å²) < 4.78 is 27.0. The summed E-state index contributed by atoms with van der Waals surface area (Å²) in [6, 6.07) is 17.7. The summed E-state index contributed by atoms with van der Waals surface area (Å²) in [4.78, 5) is 29.1. The topological polar surface area (TPSA) is 66.5 Å². The number of hydrogen-bond donors (Lipinski definition) is 1. The fraction of sp³-hybridized carbons (Fsp3) is 0.241. The van der Waals surface area contributed by atoms with Crippen LogP contribution in [-0.2, 0) is 17.3 Å². The van der Waals surface area contributed by atoms with E-state index in [1.54, 1.807) is 54.6 Å². The molecule has 0 radical (unpaired) electrons. The molecule has 1 N–H and O–H groups in total. The lowest BCUT2D eigenvalue weighted by molar-refractivity contribution is 0.0950. The molecule has 1 aliphatic heterocycles. The molecule has 184 valence electrons.